The summed E-state index contributed by atoms with van der Waals surface area (Å²) in [5.41, 5.74) is 3.14. The van der Waals surface area contributed by atoms with Crippen molar-refractivity contribution in [2.75, 3.05) is 0 Å². The van der Waals surface area contributed by atoms with Crippen LogP contribution in [0.25, 0.3) is 11.5 Å². The molecule has 0 aliphatic carbocycles. The Hall–Kier alpha value is -2.17. The molecule has 0 aliphatic rings. The molecule has 2 aromatic carbocycles. The molecule has 0 aliphatic heterocycles. The van der Waals surface area contributed by atoms with E-state index in [0.29, 0.717) is 24.9 Å². The van der Waals surface area contributed by atoms with Crippen LogP contribution in [0.5, 0.6) is 0 Å². The third-order valence-electron chi connectivity index (χ3n) is 3.28. The third kappa shape index (κ3) is 3.53. The lowest BCUT2D eigenvalue weighted by Gasteiger charge is -2.04. The van der Waals surface area contributed by atoms with E-state index in [9.17, 15) is 0 Å². The zero-order valence-electron chi connectivity index (χ0n) is 12.2. The van der Waals surface area contributed by atoms with E-state index in [-0.39, 0.29) is 0 Å². The second-order valence-corrected chi connectivity index (χ2v) is 5.47. The summed E-state index contributed by atoms with van der Waals surface area (Å²) in [6, 6.07) is 15.7. The number of aryl methyl sites for hydroxylation is 1. The Labute approximate surface area is 134 Å². The molecule has 0 unspecified atom stereocenters. The molecule has 4 nitrogen and oxygen atoms in total. The highest BCUT2D eigenvalue weighted by Gasteiger charge is 2.08. The van der Waals surface area contributed by atoms with Gasteiger partial charge >= 0.3 is 0 Å². The van der Waals surface area contributed by atoms with Gasteiger partial charge in [0.2, 0.25) is 11.8 Å². The maximum atomic E-state index is 6.11. The minimum atomic E-state index is 0.504. The van der Waals surface area contributed by atoms with Crippen molar-refractivity contribution in [3.63, 3.8) is 0 Å². The third-order valence-corrected chi connectivity index (χ3v) is 3.65. The number of benzene rings is 2. The molecule has 5 heteroatoms. The summed E-state index contributed by atoms with van der Waals surface area (Å²) in [6.45, 7) is 3.19. The number of hydrogen-bond acceptors (Lipinski definition) is 4. The molecule has 1 N–H and O–H groups in total. The van der Waals surface area contributed by atoms with Gasteiger partial charge in [-0.2, -0.15) is 0 Å². The number of hydrogen-bond donors (Lipinski definition) is 1. The maximum absolute atomic E-state index is 6.11. The van der Waals surface area contributed by atoms with Crippen molar-refractivity contribution in [2.45, 2.75) is 20.0 Å². The van der Waals surface area contributed by atoms with Crippen LogP contribution in [0.1, 0.15) is 17.0 Å². The first-order valence-corrected chi connectivity index (χ1v) is 7.44. The first-order chi connectivity index (χ1) is 10.7. The lowest BCUT2D eigenvalue weighted by molar-refractivity contribution is 0.477. The van der Waals surface area contributed by atoms with Gasteiger partial charge in [-0.25, -0.2) is 0 Å². The fourth-order valence-electron chi connectivity index (χ4n) is 2.17. The number of rotatable bonds is 5. The lowest BCUT2D eigenvalue weighted by Crippen LogP contribution is -2.13. The summed E-state index contributed by atoms with van der Waals surface area (Å²) in [5.74, 6) is 1.10. The van der Waals surface area contributed by atoms with Gasteiger partial charge in [0, 0.05) is 17.1 Å². The number of nitrogens with one attached hydrogen (secondary N) is 1. The summed E-state index contributed by atoms with van der Waals surface area (Å²) >= 11 is 6.11. The van der Waals surface area contributed by atoms with Crippen LogP contribution in [0.15, 0.2) is 52.9 Å². The zero-order chi connectivity index (χ0) is 15.4. The van der Waals surface area contributed by atoms with E-state index in [1.165, 1.54) is 0 Å². The predicted octanol–water partition coefficient (Wildman–Crippen LogP) is 3.99. The molecule has 0 fully saturated rings. The van der Waals surface area contributed by atoms with Gasteiger partial charge in [0.25, 0.3) is 0 Å². The van der Waals surface area contributed by atoms with Crippen molar-refractivity contribution in [3.05, 3.63) is 70.6 Å². The van der Waals surface area contributed by atoms with Crippen molar-refractivity contribution in [1.82, 2.24) is 15.5 Å². The summed E-state index contributed by atoms with van der Waals surface area (Å²) in [4.78, 5) is 0. The van der Waals surface area contributed by atoms with E-state index in [2.05, 4.69) is 15.5 Å². The Balaban J connectivity index is 1.62. The minimum Gasteiger partial charge on any atom is -0.419 e. The van der Waals surface area contributed by atoms with E-state index in [4.69, 9.17) is 16.0 Å². The quantitative estimate of drug-likeness (QED) is 0.774. The van der Waals surface area contributed by atoms with Crippen molar-refractivity contribution >= 4 is 11.6 Å². The van der Waals surface area contributed by atoms with Gasteiger partial charge in [-0.1, -0.05) is 47.5 Å². The summed E-state index contributed by atoms with van der Waals surface area (Å²) < 4.78 is 5.68. The fourth-order valence-corrected chi connectivity index (χ4v) is 2.37. The monoisotopic (exact) mass is 313 g/mol. The SMILES string of the molecule is Cc1cccc(-c2nnc(CNCc3ccccc3Cl)o2)c1. The number of nitrogens with zero attached hydrogens (tertiary/aromatic N) is 2. The molecule has 0 saturated carbocycles. The van der Waals surface area contributed by atoms with E-state index in [1.807, 2.05) is 55.5 Å². The van der Waals surface area contributed by atoms with Crippen LogP contribution in [0.3, 0.4) is 0 Å². The molecule has 0 radical (unpaired) electrons. The van der Waals surface area contributed by atoms with Crippen LogP contribution in [0.2, 0.25) is 5.02 Å². The highest BCUT2D eigenvalue weighted by molar-refractivity contribution is 6.31. The summed E-state index contributed by atoms with van der Waals surface area (Å²) in [5, 5.41) is 12.2. The smallest absolute Gasteiger partial charge is 0.247 e. The Kier molecular flexibility index (Phi) is 4.51. The van der Waals surface area contributed by atoms with Crippen molar-refractivity contribution in [1.29, 1.82) is 0 Å². The molecular formula is C17H16ClN3O. The molecule has 0 bridgehead atoms. The molecule has 0 amide bonds. The highest BCUT2D eigenvalue weighted by Crippen LogP contribution is 2.19. The predicted molar refractivity (Wildman–Crippen MR) is 86.5 cm³/mol. The van der Waals surface area contributed by atoms with Crippen LogP contribution in [-0.4, -0.2) is 10.2 Å². The van der Waals surface area contributed by atoms with Gasteiger partial charge in [0.15, 0.2) is 0 Å². The standard InChI is InChI=1S/C17H16ClN3O/c1-12-5-4-7-13(9-12)17-21-20-16(22-17)11-19-10-14-6-2-3-8-15(14)18/h2-9,19H,10-11H2,1H3. The maximum Gasteiger partial charge on any atom is 0.247 e. The van der Waals surface area contributed by atoms with Gasteiger partial charge < -0.3 is 9.73 Å². The molecule has 112 valence electrons. The Morgan fingerprint density at radius 3 is 2.73 bits per heavy atom. The summed E-state index contributed by atoms with van der Waals surface area (Å²) in [6.07, 6.45) is 0. The average Bonchev–Trinajstić information content (AvgIpc) is 2.98. The Morgan fingerprint density at radius 1 is 1.05 bits per heavy atom. The molecule has 0 atom stereocenters. The first-order valence-electron chi connectivity index (χ1n) is 7.06. The van der Waals surface area contributed by atoms with Crippen LogP contribution in [0.4, 0.5) is 0 Å². The fraction of sp³-hybridized carbons (Fsp3) is 0.176. The second kappa shape index (κ2) is 6.73. The first kappa shape index (κ1) is 14.8. The number of aromatic nitrogens is 2. The molecular weight excluding hydrogens is 298 g/mol. The highest BCUT2D eigenvalue weighted by atomic mass is 35.5. The van der Waals surface area contributed by atoms with Crippen LogP contribution in [0, 0.1) is 6.92 Å². The largest absolute Gasteiger partial charge is 0.419 e. The second-order valence-electron chi connectivity index (χ2n) is 5.07. The number of halogens is 1. The van der Waals surface area contributed by atoms with E-state index < -0.39 is 0 Å². The zero-order valence-corrected chi connectivity index (χ0v) is 13.0. The Morgan fingerprint density at radius 2 is 1.91 bits per heavy atom. The molecule has 22 heavy (non-hydrogen) atoms. The van der Waals surface area contributed by atoms with Gasteiger partial charge in [0.1, 0.15) is 0 Å². The lowest BCUT2D eigenvalue weighted by atomic mass is 10.1. The average molecular weight is 314 g/mol. The van der Waals surface area contributed by atoms with Crippen molar-refractivity contribution < 1.29 is 4.42 Å². The van der Waals surface area contributed by atoms with Crippen LogP contribution >= 0.6 is 11.6 Å². The van der Waals surface area contributed by atoms with E-state index >= 15 is 0 Å². The molecule has 1 heterocycles. The van der Waals surface area contributed by atoms with Crippen molar-refractivity contribution in [3.8, 4) is 11.5 Å². The topological polar surface area (TPSA) is 51.0 Å². The van der Waals surface area contributed by atoms with Crippen LogP contribution < -0.4 is 5.32 Å². The van der Waals surface area contributed by atoms with Crippen LogP contribution in [-0.2, 0) is 13.1 Å². The summed E-state index contributed by atoms with van der Waals surface area (Å²) in [7, 11) is 0. The van der Waals surface area contributed by atoms with Gasteiger partial charge in [0.05, 0.1) is 6.54 Å². The van der Waals surface area contributed by atoms with Gasteiger partial charge in [-0.05, 0) is 30.7 Å². The molecule has 1 aromatic heterocycles. The minimum absolute atomic E-state index is 0.504. The molecule has 3 rings (SSSR count). The molecule has 0 saturated heterocycles. The molecule has 0 spiro atoms. The molecule has 3 aromatic rings. The van der Waals surface area contributed by atoms with Gasteiger partial charge in [-0.15, -0.1) is 10.2 Å². The van der Waals surface area contributed by atoms with Gasteiger partial charge in [-0.3, -0.25) is 0 Å². The van der Waals surface area contributed by atoms with Crippen molar-refractivity contribution in [2.24, 2.45) is 0 Å². The van der Waals surface area contributed by atoms with E-state index in [1.54, 1.807) is 0 Å². The normalized spacial score (nSPS) is 10.8. The Bertz CT molecular complexity index is 770. The van der Waals surface area contributed by atoms with E-state index in [0.717, 1.165) is 21.7 Å².